The molecule has 88 valence electrons. The minimum absolute atomic E-state index is 0.135. The number of nitrogens with one attached hydrogen (secondary N) is 1. The zero-order valence-electron chi connectivity index (χ0n) is 10.0. The number of ether oxygens (including phenoxy) is 1. The Morgan fingerprint density at radius 3 is 2.88 bits per heavy atom. The third-order valence-electron chi connectivity index (χ3n) is 3.67. The van der Waals surface area contributed by atoms with E-state index in [0.29, 0.717) is 11.7 Å². The topological polar surface area (TPSA) is 21.3 Å². The Hall–Kier alpha value is -1.09. The van der Waals surface area contributed by atoms with Gasteiger partial charge in [0.1, 0.15) is 0 Å². The molecule has 2 rings (SSSR count). The van der Waals surface area contributed by atoms with Crippen molar-refractivity contribution in [3.05, 3.63) is 29.6 Å². The predicted molar refractivity (Wildman–Crippen MR) is 62.3 cm³/mol. The number of halogens is 1. The van der Waals surface area contributed by atoms with Crippen molar-refractivity contribution in [2.45, 2.75) is 18.8 Å². The third kappa shape index (κ3) is 1.80. The second kappa shape index (κ2) is 4.06. The number of hydrogen-bond acceptors (Lipinski definition) is 2. The molecule has 0 saturated heterocycles. The minimum atomic E-state index is -0.267. The molecule has 0 bridgehead atoms. The molecule has 1 fully saturated rings. The van der Waals surface area contributed by atoms with Gasteiger partial charge in [-0.05, 0) is 49.0 Å². The van der Waals surface area contributed by atoms with Crippen LogP contribution in [0.4, 0.5) is 4.39 Å². The summed E-state index contributed by atoms with van der Waals surface area (Å²) in [7, 11) is 3.44. The van der Waals surface area contributed by atoms with E-state index in [1.165, 1.54) is 7.11 Å². The molecule has 1 saturated carbocycles. The zero-order valence-corrected chi connectivity index (χ0v) is 10.0. The van der Waals surface area contributed by atoms with Crippen molar-refractivity contribution >= 4 is 0 Å². The maximum absolute atomic E-state index is 13.6. The monoisotopic (exact) mass is 223 g/mol. The van der Waals surface area contributed by atoms with Gasteiger partial charge >= 0.3 is 0 Å². The van der Waals surface area contributed by atoms with Crippen LogP contribution in [0, 0.1) is 11.7 Å². The van der Waals surface area contributed by atoms with Crippen LogP contribution in [0.1, 0.15) is 18.9 Å². The van der Waals surface area contributed by atoms with E-state index in [2.05, 4.69) is 12.2 Å². The fraction of sp³-hybridized carbons (Fsp3) is 0.538. The maximum Gasteiger partial charge on any atom is 0.165 e. The summed E-state index contributed by atoms with van der Waals surface area (Å²) >= 11 is 0. The third-order valence-corrected chi connectivity index (χ3v) is 3.67. The lowest BCUT2D eigenvalue weighted by molar-refractivity contribution is 0.385. The summed E-state index contributed by atoms with van der Waals surface area (Å²) in [5, 5.41) is 3.17. The molecule has 2 nitrogen and oxygen atoms in total. The van der Waals surface area contributed by atoms with E-state index < -0.39 is 0 Å². The van der Waals surface area contributed by atoms with Crippen molar-refractivity contribution < 1.29 is 9.13 Å². The summed E-state index contributed by atoms with van der Waals surface area (Å²) in [6.45, 7) is 3.18. The molecule has 0 amide bonds. The molecule has 0 spiro atoms. The minimum Gasteiger partial charge on any atom is -0.494 e. The Morgan fingerprint density at radius 2 is 2.31 bits per heavy atom. The molecule has 1 aromatic carbocycles. The molecule has 3 heteroatoms. The second-order valence-electron chi connectivity index (χ2n) is 4.73. The zero-order chi connectivity index (χ0) is 11.8. The molecule has 1 aliphatic carbocycles. The molecular weight excluding hydrogens is 205 g/mol. The van der Waals surface area contributed by atoms with E-state index in [0.717, 1.165) is 18.5 Å². The maximum atomic E-state index is 13.6. The summed E-state index contributed by atoms with van der Waals surface area (Å²) in [6.07, 6.45) is 1.12. The van der Waals surface area contributed by atoms with Crippen molar-refractivity contribution in [1.29, 1.82) is 0 Å². The van der Waals surface area contributed by atoms with E-state index in [-0.39, 0.29) is 11.2 Å². The van der Waals surface area contributed by atoms with Crippen molar-refractivity contribution in [2.75, 3.05) is 20.7 Å². The first-order valence-corrected chi connectivity index (χ1v) is 5.60. The van der Waals surface area contributed by atoms with Crippen molar-refractivity contribution in [1.82, 2.24) is 5.32 Å². The standard InChI is InChI=1S/C13H18FNO/c1-13(7-10(13)8-15-2)9-4-5-12(16-3)11(14)6-9/h4-6,10,15H,7-8H2,1-3H3. The van der Waals surface area contributed by atoms with Gasteiger partial charge in [-0.2, -0.15) is 0 Å². The number of hydrogen-bond donors (Lipinski definition) is 1. The first kappa shape index (κ1) is 11.4. The van der Waals surface area contributed by atoms with Gasteiger partial charge < -0.3 is 10.1 Å². The smallest absolute Gasteiger partial charge is 0.165 e. The molecule has 16 heavy (non-hydrogen) atoms. The Morgan fingerprint density at radius 1 is 1.56 bits per heavy atom. The van der Waals surface area contributed by atoms with Crippen LogP contribution in [-0.2, 0) is 5.41 Å². The average molecular weight is 223 g/mol. The van der Waals surface area contributed by atoms with Crippen molar-refractivity contribution in [3.8, 4) is 5.75 Å². The van der Waals surface area contributed by atoms with Gasteiger partial charge in [0, 0.05) is 0 Å². The predicted octanol–water partition coefficient (Wildman–Crippen LogP) is 2.33. The Kier molecular flexibility index (Phi) is 2.89. The summed E-state index contributed by atoms with van der Waals surface area (Å²) in [5.41, 5.74) is 1.21. The molecule has 1 aromatic rings. The molecule has 0 aromatic heterocycles. The Balaban J connectivity index is 2.20. The van der Waals surface area contributed by atoms with Gasteiger partial charge in [-0.15, -0.1) is 0 Å². The van der Waals surface area contributed by atoms with Crippen LogP contribution in [0.5, 0.6) is 5.75 Å². The highest BCUT2D eigenvalue weighted by molar-refractivity contribution is 5.38. The Labute approximate surface area is 95.8 Å². The molecule has 1 aliphatic rings. The summed E-state index contributed by atoms with van der Waals surface area (Å²) in [4.78, 5) is 0. The van der Waals surface area contributed by atoms with Crippen LogP contribution in [0.15, 0.2) is 18.2 Å². The molecule has 2 atom stereocenters. The molecule has 0 heterocycles. The fourth-order valence-electron chi connectivity index (χ4n) is 2.37. The van der Waals surface area contributed by atoms with Crippen molar-refractivity contribution in [3.63, 3.8) is 0 Å². The number of methoxy groups -OCH3 is 1. The lowest BCUT2D eigenvalue weighted by Gasteiger charge is -2.13. The number of benzene rings is 1. The SMILES string of the molecule is CNCC1CC1(C)c1ccc(OC)c(F)c1. The highest BCUT2D eigenvalue weighted by atomic mass is 19.1. The first-order chi connectivity index (χ1) is 7.61. The lowest BCUT2D eigenvalue weighted by Crippen LogP contribution is -2.15. The normalized spacial score (nSPS) is 27.9. The first-order valence-electron chi connectivity index (χ1n) is 5.60. The van der Waals surface area contributed by atoms with Crippen LogP contribution < -0.4 is 10.1 Å². The van der Waals surface area contributed by atoms with Crippen LogP contribution in [0.25, 0.3) is 0 Å². The second-order valence-corrected chi connectivity index (χ2v) is 4.73. The van der Waals surface area contributed by atoms with E-state index in [1.807, 2.05) is 13.1 Å². The van der Waals surface area contributed by atoms with E-state index in [4.69, 9.17) is 4.74 Å². The molecule has 2 unspecified atom stereocenters. The van der Waals surface area contributed by atoms with Gasteiger partial charge in [0.15, 0.2) is 11.6 Å². The summed E-state index contributed by atoms with van der Waals surface area (Å²) in [5.74, 6) is 0.666. The molecular formula is C13H18FNO. The molecule has 0 aliphatic heterocycles. The highest BCUT2D eigenvalue weighted by Crippen LogP contribution is 2.53. The molecule has 1 N–H and O–H groups in total. The van der Waals surface area contributed by atoms with Gasteiger partial charge in [-0.3, -0.25) is 0 Å². The van der Waals surface area contributed by atoms with Crippen LogP contribution in [0.2, 0.25) is 0 Å². The van der Waals surface area contributed by atoms with Crippen LogP contribution >= 0.6 is 0 Å². The van der Waals surface area contributed by atoms with Gasteiger partial charge in [0.05, 0.1) is 7.11 Å². The van der Waals surface area contributed by atoms with Crippen molar-refractivity contribution in [2.24, 2.45) is 5.92 Å². The summed E-state index contributed by atoms with van der Waals surface area (Å²) in [6, 6.07) is 5.29. The highest BCUT2D eigenvalue weighted by Gasteiger charge is 2.50. The summed E-state index contributed by atoms with van der Waals surface area (Å²) < 4.78 is 18.5. The van der Waals surface area contributed by atoms with Gasteiger partial charge in [0.25, 0.3) is 0 Å². The van der Waals surface area contributed by atoms with Gasteiger partial charge in [0.2, 0.25) is 0 Å². The Bertz CT molecular complexity index is 394. The fourth-order valence-corrected chi connectivity index (χ4v) is 2.37. The lowest BCUT2D eigenvalue weighted by atomic mass is 9.95. The number of rotatable bonds is 4. The van der Waals surface area contributed by atoms with Crippen LogP contribution in [0.3, 0.4) is 0 Å². The van der Waals surface area contributed by atoms with Gasteiger partial charge in [-0.1, -0.05) is 13.0 Å². The quantitative estimate of drug-likeness (QED) is 0.846. The average Bonchev–Trinajstić information content (AvgIpc) is 2.91. The van der Waals surface area contributed by atoms with Crippen LogP contribution in [-0.4, -0.2) is 20.7 Å². The van der Waals surface area contributed by atoms with E-state index >= 15 is 0 Å². The largest absolute Gasteiger partial charge is 0.494 e. The van der Waals surface area contributed by atoms with E-state index in [9.17, 15) is 4.39 Å². The van der Waals surface area contributed by atoms with E-state index in [1.54, 1.807) is 12.1 Å². The van der Waals surface area contributed by atoms with Gasteiger partial charge in [-0.25, -0.2) is 4.39 Å². The molecule has 0 radical (unpaired) electrons.